The highest BCUT2D eigenvalue weighted by atomic mass is 35.5. The minimum Gasteiger partial charge on any atom is -0.456 e. The number of nitrogens with zero attached hydrogens (tertiary/aromatic N) is 2. The first-order chi connectivity index (χ1) is 12.6. The van der Waals surface area contributed by atoms with Crippen LogP contribution < -0.4 is 11.1 Å². The first kappa shape index (κ1) is 17.1. The zero-order valence-corrected chi connectivity index (χ0v) is 15.7. The SMILES string of the molecule is C[C@H](N)Cc1oc2c(NCc3cccs3)cc(Cl)nc2c1-c1ncc[nH]1. The van der Waals surface area contributed by atoms with E-state index in [0.29, 0.717) is 35.0 Å². The number of hydrogen-bond acceptors (Lipinski definition) is 6. The predicted molar refractivity (Wildman–Crippen MR) is 106 cm³/mol. The first-order valence-electron chi connectivity index (χ1n) is 8.25. The van der Waals surface area contributed by atoms with Crippen molar-refractivity contribution in [3.63, 3.8) is 0 Å². The summed E-state index contributed by atoms with van der Waals surface area (Å²) in [5.74, 6) is 1.44. The molecule has 0 bridgehead atoms. The first-order valence-corrected chi connectivity index (χ1v) is 9.51. The van der Waals surface area contributed by atoms with Crippen LogP contribution in [0.25, 0.3) is 22.5 Å². The molecule has 8 heteroatoms. The molecule has 0 spiro atoms. The van der Waals surface area contributed by atoms with Crippen molar-refractivity contribution in [1.82, 2.24) is 15.0 Å². The van der Waals surface area contributed by atoms with Crippen molar-refractivity contribution in [2.24, 2.45) is 5.73 Å². The van der Waals surface area contributed by atoms with Gasteiger partial charge in [-0.2, -0.15) is 0 Å². The van der Waals surface area contributed by atoms with Gasteiger partial charge in [0, 0.05) is 42.3 Å². The molecular weight excluding hydrogens is 370 g/mol. The molecule has 6 nitrogen and oxygen atoms in total. The highest BCUT2D eigenvalue weighted by Gasteiger charge is 2.22. The molecule has 0 saturated carbocycles. The molecular formula is C18H18ClN5OS. The standard InChI is InChI=1S/C18H18ClN5OS/c1-10(20)7-13-15(18-21-4-5-22-18)16-17(25-13)12(8-14(19)24-16)23-9-11-3-2-6-26-11/h2-6,8,10H,7,9,20H2,1H3,(H,21,22)(H,23,24)/t10-/m0/s1. The van der Waals surface area contributed by atoms with Gasteiger partial charge in [0.2, 0.25) is 0 Å². The minimum atomic E-state index is -0.0534. The average Bonchev–Trinajstić information content (AvgIpc) is 3.32. The molecule has 4 aromatic rings. The fraction of sp³-hybridized carbons (Fsp3) is 0.222. The minimum absolute atomic E-state index is 0.0534. The molecule has 0 saturated heterocycles. The number of furan rings is 1. The third kappa shape index (κ3) is 3.33. The molecule has 0 unspecified atom stereocenters. The van der Waals surface area contributed by atoms with E-state index in [1.165, 1.54) is 4.88 Å². The van der Waals surface area contributed by atoms with Gasteiger partial charge in [0.25, 0.3) is 0 Å². The van der Waals surface area contributed by atoms with Gasteiger partial charge in [-0.3, -0.25) is 0 Å². The molecule has 0 fully saturated rings. The summed E-state index contributed by atoms with van der Waals surface area (Å²) in [7, 11) is 0. The van der Waals surface area contributed by atoms with Gasteiger partial charge in [0.1, 0.15) is 22.3 Å². The van der Waals surface area contributed by atoms with Gasteiger partial charge in [-0.15, -0.1) is 11.3 Å². The van der Waals surface area contributed by atoms with Crippen molar-refractivity contribution < 1.29 is 4.42 Å². The monoisotopic (exact) mass is 387 g/mol. The maximum absolute atomic E-state index is 6.29. The molecule has 134 valence electrons. The number of aromatic nitrogens is 3. The number of fused-ring (bicyclic) bond motifs is 1. The van der Waals surface area contributed by atoms with Crippen molar-refractivity contribution in [3.05, 3.63) is 51.8 Å². The second-order valence-electron chi connectivity index (χ2n) is 6.12. The molecule has 4 aromatic heterocycles. The molecule has 4 heterocycles. The van der Waals surface area contributed by atoms with Gasteiger partial charge in [0.15, 0.2) is 5.58 Å². The summed E-state index contributed by atoms with van der Waals surface area (Å²) in [6.07, 6.45) is 4.04. The summed E-state index contributed by atoms with van der Waals surface area (Å²) in [6.45, 7) is 2.63. The summed E-state index contributed by atoms with van der Waals surface area (Å²) < 4.78 is 6.17. The van der Waals surface area contributed by atoms with E-state index < -0.39 is 0 Å². The lowest BCUT2D eigenvalue weighted by Crippen LogP contribution is -2.17. The van der Waals surface area contributed by atoms with Crippen LogP contribution in [0.2, 0.25) is 5.15 Å². The van der Waals surface area contributed by atoms with E-state index in [1.54, 1.807) is 29.8 Å². The van der Waals surface area contributed by atoms with E-state index in [0.717, 1.165) is 17.0 Å². The molecule has 26 heavy (non-hydrogen) atoms. The van der Waals surface area contributed by atoms with Gasteiger partial charge >= 0.3 is 0 Å². The quantitative estimate of drug-likeness (QED) is 0.425. The Morgan fingerprint density at radius 3 is 3.04 bits per heavy atom. The smallest absolute Gasteiger partial charge is 0.176 e. The molecule has 0 aliphatic heterocycles. The number of hydrogen-bond donors (Lipinski definition) is 3. The number of H-pyrrole nitrogens is 1. The fourth-order valence-electron chi connectivity index (χ4n) is 2.89. The number of anilines is 1. The summed E-state index contributed by atoms with van der Waals surface area (Å²) in [6, 6.07) is 5.83. The topological polar surface area (TPSA) is 92.8 Å². The van der Waals surface area contributed by atoms with Crippen molar-refractivity contribution in [1.29, 1.82) is 0 Å². The normalized spacial score (nSPS) is 12.6. The van der Waals surface area contributed by atoms with Crippen LogP contribution in [-0.2, 0) is 13.0 Å². The molecule has 0 aliphatic carbocycles. The second-order valence-corrected chi connectivity index (χ2v) is 7.54. The number of aromatic amines is 1. The Morgan fingerprint density at radius 2 is 2.35 bits per heavy atom. The molecule has 0 aromatic carbocycles. The van der Waals surface area contributed by atoms with Crippen LogP contribution in [0.1, 0.15) is 17.6 Å². The van der Waals surface area contributed by atoms with E-state index in [4.69, 9.17) is 21.8 Å². The van der Waals surface area contributed by atoms with E-state index in [2.05, 4.69) is 31.7 Å². The van der Waals surface area contributed by atoms with Gasteiger partial charge in [0.05, 0.1) is 11.3 Å². The lowest BCUT2D eigenvalue weighted by Gasteiger charge is -2.06. The highest BCUT2D eigenvalue weighted by molar-refractivity contribution is 7.09. The van der Waals surface area contributed by atoms with Crippen molar-refractivity contribution in [2.45, 2.75) is 25.9 Å². The number of imidazole rings is 1. The Kier molecular flexibility index (Phi) is 4.67. The maximum atomic E-state index is 6.29. The molecule has 4 rings (SSSR count). The number of thiophene rings is 1. The van der Waals surface area contributed by atoms with E-state index in [9.17, 15) is 0 Å². The molecule has 4 N–H and O–H groups in total. The number of nitrogens with two attached hydrogens (primary N) is 1. The molecule has 0 amide bonds. The van der Waals surface area contributed by atoms with Crippen LogP contribution in [0.3, 0.4) is 0 Å². The van der Waals surface area contributed by atoms with E-state index in [1.807, 2.05) is 13.0 Å². The second kappa shape index (κ2) is 7.11. The third-order valence-electron chi connectivity index (χ3n) is 3.96. The number of rotatable bonds is 6. The average molecular weight is 388 g/mol. The summed E-state index contributed by atoms with van der Waals surface area (Å²) >= 11 is 7.98. The van der Waals surface area contributed by atoms with E-state index >= 15 is 0 Å². The largest absolute Gasteiger partial charge is 0.456 e. The van der Waals surface area contributed by atoms with Gasteiger partial charge in [-0.1, -0.05) is 17.7 Å². The highest BCUT2D eigenvalue weighted by Crippen LogP contribution is 2.37. The molecule has 0 aliphatic rings. The Labute approximate surface area is 159 Å². The number of halogens is 1. The molecule has 1 atom stereocenters. The van der Waals surface area contributed by atoms with Gasteiger partial charge < -0.3 is 20.5 Å². The van der Waals surface area contributed by atoms with Crippen LogP contribution in [0.15, 0.2) is 40.4 Å². The fourth-order valence-corrected chi connectivity index (χ4v) is 3.73. The maximum Gasteiger partial charge on any atom is 0.176 e. The number of nitrogens with one attached hydrogen (secondary N) is 2. The van der Waals surface area contributed by atoms with Crippen LogP contribution in [0.5, 0.6) is 0 Å². The Bertz CT molecular complexity index is 1010. The lowest BCUT2D eigenvalue weighted by molar-refractivity contribution is 0.527. The van der Waals surface area contributed by atoms with Gasteiger partial charge in [-0.25, -0.2) is 9.97 Å². The Balaban J connectivity index is 1.83. The Morgan fingerprint density at radius 1 is 1.46 bits per heavy atom. The summed E-state index contributed by atoms with van der Waals surface area (Å²) in [5.41, 5.74) is 8.96. The van der Waals surface area contributed by atoms with Crippen molar-refractivity contribution in [3.8, 4) is 11.4 Å². The third-order valence-corrected chi connectivity index (χ3v) is 5.03. The molecule has 0 radical (unpaired) electrons. The zero-order valence-electron chi connectivity index (χ0n) is 14.1. The zero-order chi connectivity index (χ0) is 18.1. The van der Waals surface area contributed by atoms with Crippen molar-refractivity contribution in [2.75, 3.05) is 5.32 Å². The Hall–Kier alpha value is -2.35. The van der Waals surface area contributed by atoms with E-state index in [-0.39, 0.29) is 6.04 Å². The van der Waals surface area contributed by atoms with Crippen LogP contribution in [0, 0.1) is 0 Å². The predicted octanol–water partition coefficient (Wildman–Crippen LogP) is 4.43. The van der Waals surface area contributed by atoms with Crippen LogP contribution >= 0.6 is 22.9 Å². The lowest BCUT2D eigenvalue weighted by atomic mass is 10.1. The summed E-state index contributed by atoms with van der Waals surface area (Å²) in [5, 5.41) is 5.85. The van der Waals surface area contributed by atoms with Crippen LogP contribution in [0.4, 0.5) is 5.69 Å². The number of pyridine rings is 1. The summed E-state index contributed by atoms with van der Waals surface area (Å²) in [4.78, 5) is 13.2. The van der Waals surface area contributed by atoms with Crippen LogP contribution in [-0.4, -0.2) is 21.0 Å². The van der Waals surface area contributed by atoms with Gasteiger partial charge in [-0.05, 0) is 18.4 Å². The van der Waals surface area contributed by atoms with Crippen molar-refractivity contribution >= 4 is 39.7 Å².